The number of carbonyl (C=O) groups is 1. The minimum absolute atomic E-state index is 0.0143. The Morgan fingerprint density at radius 2 is 1.82 bits per heavy atom. The first-order chi connectivity index (χ1) is 13.4. The maximum atomic E-state index is 12.2. The van der Waals surface area contributed by atoms with Gasteiger partial charge in [0.1, 0.15) is 0 Å². The fourth-order valence-corrected chi connectivity index (χ4v) is 3.77. The Kier molecular flexibility index (Phi) is 6.07. The van der Waals surface area contributed by atoms with Crippen molar-refractivity contribution >= 4 is 33.4 Å². The molecule has 0 aliphatic rings. The van der Waals surface area contributed by atoms with Crippen molar-refractivity contribution in [2.24, 2.45) is 5.14 Å². The molecule has 0 fully saturated rings. The van der Waals surface area contributed by atoms with Crippen molar-refractivity contribution in [2.75, 3.05) is 11.1 Å². The number of rotatable bonds is 7. The predicted octanol–water partition coefficient (Wildman–Crippen LogP) is 1.74. The largest absolute Gasteiger partial charge is 0.325 e. The average Bonchev–Trinajstić information content (AvgIpc) is 3.10. The zero-order valence-corrected chi connectivity index (χ0v) is 16.6. The number of sulfonamides is 1. The van der Waals surface area contributed by atoms with E-state index in [4.69, 9.17) is 5.14 Å². The number of thioether (sulfide) groups is 1. The maximum Gasteiger partial charge on any atom is 0.238 e. The highest BCUT2D eigenvalue weighted by Gasteiger charge is 2.15. The number of pyridine rings is 1. The van der Waals surface area contributed by atoms with Crippen LogP contribution in [0.25, 0.3) is 11.4 Å². The van der Waals surface area contributed by atoms with Crippen molar-refractivity contribution in [1.82, 2.24) is 19.7 Å². The Morgan fingerprint density at radius 3 is 2.43 bits per heavy atom. The zero-order chi connectivity index (χ0) is 20.1. The molecule has 9 nitrogen and oxygen atoms in total. The molecule has 0 aliphatic carbocycles. The molecule has 2 aromatic heterocycles. The maximum absolute atomic E-state index is 12.2. The van der Waals surface area contributed by atoms with E-state index in [1.54, 1.807) is 12.4 Å². The van der Waals surface area contributed by atoms with E-state index in [2.05, 4.69) is 20.5 Å². The fraction of sp³-hybridized carbons (Fsp3) is 0.176. The summed E-state index contributed by atoms with van der Waals surface area (Å²) in [4.78, 5) is 16.2. The van der Waals surface area contributed by atoms with E-state index in [9.17, 15) is 13.2 Å². The van der Waals surface area contributed by atoms with Crippen LogP contribution in [0.5, 0.6) is 0 Å². The van der Waals surface area contributed by atoms with E-state index in [-0.39, 0.29) is 16.6 Å². The molecule has 2 heterocycles. The molecule has 0 atom stereocenters. The number of amides is 1. The lowest BCUT2D eigenvalue weighted by molar-refractivity contribution is -0.113. The molecule has 1 aromatic carbocycles. The number of carbonyl (C=O) groups excluding carboxylic acids is 1. The van der Waals surface area contributed by atoms with Gasteiger partial charge in [-0.15, -0.1) is 10.2 Å². The molecule has 3 rings (SSSR count). The van der Waals surface area contributed by atoms with Gasteiger partial charge in [-0.05, 0) is 43.3 Å². The van der Waals surface area contributed by atoms with Gasteiger partial charge >= 0.3 is 0 Å². The highest BCUT2D eigenvalue weighted by molar-refractivity contribution is 7.99. The third kappa shape index (κ3) is 4.74. The lowest BCUT2D eigenvalue weighted by Crippen LogP contribution is -2.15. The van der Waals surface area contributed by atoms with Crippen LogP contribution in [0.2, 0.25) is 0 Å². The highest BCUT2D eigenvalue weighted by atomic mass is 32.2. The minimum atomic E-state index is -3.76. The minimum Gasteiger partial charge on any atom is -0.325 e. The fourth-order valence-electron chi connectivity index (χ4n) is 2.45. The normalized spacial score (nSPS) is 11.4. The number of anilines is 1. The molecule has 3 aromatic rings. The first kappa shape index (κ1) is 20.0. The Bertz CT molecular complexity index is 1070. The van der Waals surface area contributed by atoms with Crippen molar-refractivity contribution in [3.05, 3.63) is 48.8 Å². The van der Waals surface area contributed by atoms with Crippen LogP contribution in [-0.2, 0) is 21.4 Å². The molecule has 1 amide bonds. The van der Waals surface area contributed by atoms with Gasteiger partial charge in [0, 0.05) is 30.2 Å². The van der Waals surface area contributed by atoms with Crippen LogP contribution in [-0.4, -0.2) is 39.8 Å². The van der Waals surface area contributed by atoms with Gasteiger partial charge in [-0.1, -0.05) is 11.8 Å². The smallest absolute Gasteiger partial charge is 0.238 e. The lowest BCUT2D eigenvalue weighted by atomic mass is 10.2. The van der Waals surface area contributed by atoms with Crippen molar-refractivity contribution in [2.45, 2.75) is 23.5 Å². The summed E-state index contributed by atoms with van der Waals surface area (Å²) < 4.78 is 24.4. The van der Waals surface area contributed by atoms with Crippen LogP contribution in [0.3, 0.4) is 0 Å². The Balaban J connectivity index is 1.64. The molecular formula is C17H18N6O3S2. The Hall–Kier alpha value is -2.76. The first-order valence-electron chi connectivity index (χ1n) is 8.27. The van der Waals surface area contributed by atoms with Gasteiger partial charge < -0.3 is 9.88 Å². The molecule has 3 N–H and O–H groups in total. The molecule has 146 valence electrons. The molecular weight excluding hydrogens is 400 g/mol. The van der Waals surface area contributed by atoms with E-state index in [1.807, 2.05) is 23.6 Å². The third-order valence-electron chi connectivity index (χ3n) is 3.77. The van der Waals surface area contributed by atoms with Gasteiger partial charge in [-0.3, -0.25) is 9.78 Å². The van der Waals surface area contributed by atoms with Crippen LogP contribution < -0.4 is 10.5 Å². The topological polar surface area (TPSA) is 133 Å². The van der Waals surface area contributed by atoms with Gasteiger partial charge in [0.25, 0.3) is 0 Å². The number of hydrogen-bond donors (Lipinski definition) is 2. The van der Waals surface area contributed by atoms with Crippen LogP contribution in [0.4, 0.5) is 5.69 Å². The summed E-state index contributed by atoms with van der Waals surface area (Å²) in [5.41, 5.74) is 1.38. The van der Waals surface area contributed by atoms with E-state index in [0.717, 1.165) is 5.56 Å². The second kappa shape index (κ2) is 8.50. The number of primary sulfonamides is 1. The first-order valence-corrected chi connectivity index (χ1v) is 10.8. The molecule has 0 bridgehead atoms. The highest BCUT2D eigenvalue weighted by Crippen LogP contribution is 2.23. The summed E-state index contributed by atoms with van der Waals surface area (Å²) in [6, 6.07) is 9.35. The molecule has 28 heavy (non-hydrogen) atoms. The molecule has 0 spiro atoms. The predicted molar refractivity (Wildman–Crippen MR) is 106 cm³/mol. The summed E-state index contributed by atoms with van der Waals surface area (Å²) in [7, 11) is -3.76. The average molecular weight is 419 g/mol. The SMILES string of the molecule is CCn1c(SCC(=O)Nc2ccc(S(N)(=O)=O)cc2)nnc1-c1ccncc1. The molecule has 0 unspecified atom stereocenters. The molecule has 11 heteroatoms. The lowest BCUT2D eigenvalue weighted by Gasteiger charge is -2.08. The summed E-state index contributed by atoms with van der Waals surface area (Å²) in [6.07, 6.45) is 3.37. The summed E-state index contributed by atoms with van der Waals surface area (Å²) >= 11 is 1.27. The van der Waals surface area contributed by atoms with Crippen LogP contribution >= 0.6 is 11.8 Å². The van der Waals surface area contributed by atoms with E-state index in [0.29, 0.717) is 23.2 Å². The van der Waals surface area contributed by atoms with Crippen LogP contribution in [0.15, 0.2) is 58.8 Å². The zero-order valence-electron chi connectivity index (χ0n) is 14.9. The van der Waals surface area contributed by atoms with E-state index >= 15 is 0 Å². The number of benzene rings is 1. The van der Waals surface area contributed by atoms with Crippen LogP contribution in [0.1, 0.15) is 6.92 Å². The van der Waals surface area contributed by atoms with Gasteiger partial charge in [-0.25, -0.2) is 13.6 Å². The molecule has 0 saturated carbocycles. The van der Waals surface area contributed by atoms with Gasteiger partial charge in [0.15, 0.2) is 11.0 Å². The molecule has 0 aliphatic heterocycles. The Morgan fingerprint density at radius 1 is 1.14 bits per heavy atom. The monoisotopic (exact) mass is 418 g/mol. The van der Waals surface area contributed by atoms with E-state index in [1.165, 1.54) is 36.0 Å². The number of nitrogens with two attached hydrogens (primary N) is 1. The molecule has 0 saturated heterocycles. The Labute approximate surface area is 166 Å². The molecule has 0 radical (unpaired) electrons. The number of hydrogen-bond acceptors (Lipinski definition) is 7. The summed E-state index contributed by atoms with van der Waals surface area (Å²) in [5, 5.41) is 16.8. The third-order valence-corrected chi connectivity index (χ3v) is 5.67. The second-order valence-electron chi connectivity index (χ2n) is 5.69. The van der Waals surface area contributed by atoms with E-state index < -0.39 is 10.0 Å². The summed E-state index contributed by atoms with van der Waals surface area (Å²) in [6.45, 7) is 2.63. The van der Waals surface area contributed by atoms with Crippen molar-refractivity contribution in [1.29, 1.82) is 0 Å². The van der Waals surface area contributed by atoms with Gasteiger partial charge in [0.2, 0.25) is 15.9 Å². The number of nitrogens with one attached hydrogen (secondary N) is 1. The van der Waals surface area contributed by atoms with Crippen LogP contribution in [0, 0.1) is 0 Å². The van der Waals surface area contributed by atoms with Crippen molar-refractivity contribution < 1.29 is 13.2 Å². The number of nitrogens with zero attached hydrogens (tertiary/aromatic N) is 4. The summed E-state index contributed by atoms with van der Waals surface area (Å²) in [5.74, 6) is 0.599. The quantitative estimate of drug-likeness (QED) is 0.558. The standard InChI is InChI=1S/C17H18N6O3S2/c1-2-23-16(12-7-9-19-10-8-12)21-22-17(23)27-11-15(24)20-13-3-5-14(6-4-13)28(18,25)26/h3-10H,2,11H2,1H3,(H,20,24)(H2,18,25,26). The van der Waals surface area contributed by atoms with Crippen molar-refractivity contribution in [3.63, 3.8) is 0 Å². The van der Waals surface area contributed by atoms with Gasteiger partial charge in [-0.2, -0.15) is 0 Å². The number of aromatic nitrogens is 4. The van der Waals surface area contributed by atoms with Crippen molar-refractivity contribution in [3.8, 4) is 11.4 Å². The second-order valence-corrected chi connectivity index (χ2v) is 8.20. The van der Waals surface area contributed by atoms with Gasteiger partial charge in [0.05, 0.1) is 10.6 Å².